The predicted octanol–water partition coefficient (Wildman–Crippen LogP) is 1.97. The molecule has 6 nitrogen and oxygen atoms in total. The Morgan fingerprint density at radius 3 is 2.95 bits per heavy atom. The fourth-order valence-electron chi connectivity index (χ4n) is 2.20. The average molecular weight is 284 g/mol. The molecular formula is C15H16N4O2. The molecule has 0 aliphatic heterocycles. The van der Waals surface area contributed by atoms with Gasteiger partial charge in [0.05, 0.1) is 17.2 Å². The van der Waals surface area contributed by atoms with Gasteiger partial charge in [0.25, 0.3) is 5.56 Å². The highest BCUT2D eigenvalue weighted by molar-refractivity contribution is 5.76. The fraction of sp³-hybridized carbons (Fsp3) is 0.333. The number of aromatic nitrogens is 4. The first-order valence-electron chi connectivity index (χ1n) is 7.03. The number of para-hydroxylation sites is 1. The Morgan fingerprint density at radius 1 is 1.24 bits per heavy atom. The van der Waals surface area contributed by atoms with Gasteiger partial charge in [0.1, 0.15) is 0 Å². The lowest BCUT2D eigenvalue weighted by Gasteiger charge is -2.04. The molecule has 0 atom stereocenters. The zero-order valence-electron chi connectivity index (χ0n) is 11.8. The fourth-order valence-corrected chi connectivity index (χ4v) is 2.20. The molecule has 0 bridgehead atoms. The van der Waals surface area contributed by atoms with E-state index in [0.717, 1.165) is 18.7 Å². The molecule has 2 aromatic heterocycles. The molecule has 0 radical (unpaired) electrons. The Hall–Kier alpha value is -2.50. The lowest BCUT2D eigenvalue weighted by atomic mass is 10.2. The third kappa shape index (κ3) is 2.84. The van der Waals surface area contributed by atoms with Crippen molar-refractivity contribution in [3.8, 4) is 0 Å². The summed E-state index contributed by atoms with van der Waals surface area (Å²) < 4.78 is 6.74. The summed E-state index contributed by atoms with van der Waals surface area (Å²) in [7, 11) is 0. The number of aryl methyl sites for hydroxylation is 3. The van der Waals surface area contributed by atoms with Crippen molar-refractivity contribution < 1.29 is 4.52 Å². The summed E-state index contributed by atoms with van der Waals surface area (Å²) in [5.41, 5.74) is 0.663. The second-order valence-corrected chi connectivity index (χ2v) is 4.86. The minimum absolute atomic E-state index is 0.0473. The van der Waals surface area contributed by atoms with Crippen LogP contribution in [-0.2, 0) is 19.4 Å². The SMILES string of the molecule is CCCc1noc(CCn2cnc3ccccc3c2=O)n1. The molecule has 3 aromatic rings. The van der Waals surface area contributed by atoms with Crippen molar-refractivity contribution in [2.75, 3.05) is 0 Å². The highest BCUT2D eigenvalue weighted by Crippen LogP contribution is 2.06. The zero-order valence-corrected chi connectivity index (χ0v) is 11.8. The van der Waals surface area contributed by atoms with Gasteiger partial charge >= 0.3 is 0 Å². The van der Waals surface area contributed by atoms with Gasteiger partial charge in [0, 0.05) is 19.4 Å². The van der Waals surface area contributed by atoms with Crippen LogP contribution in [-0.4, -0.2) is 19.7 Å². The molecule has 0 aliphatic carbocycles. The van der Waals surface area contributed by atoms with Gasteiger partial charge in [-0.2, -0.15) is 4.98 Å². The lowest BCUT2D eigenvalue weighted by molar-refractivity contribution is 0.366. The van der Waals surface area contributed by atoms with E-state index in [4.69, 9.17) is 4.52 Å². The Balaban J connectivity index is 1.78. The number of hydrogen-bond acceptors (Lipinski definition) is 5. The molecule has 21 heavy (non-hydrogen) atoms. The summed E-state index contributed by atoms with van der Waals surface area (Å²) in [5.74, 6) is 1.27. The summed E-state index contributed by atoms with van der Waals surface area (Å²) >= 11 is 0. The van der Waals surface area contributed by atoms with Crippen molar-refractivity contribution in [1.82, 2.24) is 19.7 Å². The maximum atomic E-state index is 12.3. The van der Waals surface area contributed by atoms with Crippen molar-refractivity contribution in [3.63, 3.8) is 0 Å². The van der Waals surface area contributed by atoms with E-state index >= 15 is 0 Å². The van der Waals surface area contributed by atoms with E-state index in [2.05, 4.69) is 22.0 Å². The standard InChI is InChI=1S/C15H16N4O2/c1-2-5-13-17-14(21-18-13)8-9-19-10-16-12-7-4-3-6-11(12)15(19)20/h3-4,6-7,10H,2,5,8-9H2,1H3. The minimum Gasteiger partial charge on any atom is -0.339 e. The van der Waals surface area contributed by atoms with Crippen LogP contribution in [0.3, 0.4) is 0 Å². The van der Waals surface area contributed by atoms with E-state index in [-0.39, 0.29) is 5.56 Å². The highest BCUT2D eigenvalue weighted by atomic mass is 16.5. The van der Waals surface area contributed by atoms with Crippen LogP contribution in [0.2, 0.25) is 0 Å². The molecule has 0 aliphatic rings. The van der Waals surface area contributed by atoms with E-state index < -0.39 is 0 Å². The normalized spacial score (nSPS) is 11.1. The van der Waals surface area contributed by atoms with Gasteiger partial charge in [-0.1, -0.05) is 24.2 Å². The summed E-state index contributed by atoms with van der Waals surface area (Å²) in [5, 5.41) is 4.52. The highest BCUT2D eigenvalue weighted by Gasteiger charge is 2.08. The van der Waals surface area contributed by atoms with Gasteiger partial charge in [-0.3, -0.25) is 9.36 Å². The molecule has 2 heterocycles. The van der Waals surface area contributed by atoms with Crippen LogP contribution in [0.4, 0.5) is 0 Å². The van der Waals surface area contributed by atoms with E-state index in [1.165, 1.54) is 0 Å². The molecule has 0 spiro atoms. The van der Waals surface area contributed by atoms with Gasteiger partial charge in [-0.25, -0.2) is 4.98 Å². The van der Waals surface area contributed by atoms with Gasteiger partial charge in [-0.05, 0) is 18.6 Å². The molecule has 0 saturated heterocycles. The second-order valence-electron chi connectivity index (χ2n) is 4.86. The zero-order chi connectivity index (χ0) is 14.7. The van der Waals surface area contributed by atoms with E-state index in [9.17, 15) is 4.79 Å². The maximum Gasteiger partial charge on any atom is 0.261 e. The maximum absolute atomic E-state index is 12.3. The van der Waals surface area contributed by atoms with Gasteiger partial charge in [0.2, 0.25) is 5.89 Å². The van der Waals surface area contributed by atoms with Crippen molar-refractivity contribution in [3.05, 3.63) is 52.7 Å². The largest absolute Gasteiger partial charge is 0.339 e. The Bertz CT molecular complexity index is 807. The van der Waals surface area contributed by atoms with Crippen molar-refractivity contribution in [2.24, 2.45) is 0 Å². The first-order chi connectivity index (χ1) is 10.3. The Kier molecular flexibility index (Phi) is 3.77. The number of nitrogens with zero attached hydrogens (tertiary/aromatic N) is 4. The topological polar surface area (TPSA) is 73.8 Å². The molecule has 0 saturated carbocycles. The molecule has 1 aromatic carbocycles. The summed E-state index contributed by atoms with van der Waals surface area (Å²) in [6.07, 6.45) is 3.87. The molecule has 0 unspecified atom stereocenters. The van der Waals surface area contributed by atoms with E-state index in [0.29, 0.717) is 29.8 Å². The second kappa shape index (κ2) is 5.87. The van der Waals surface area contributed by atoms with Crippen molar-refractivity contribution in [2.45, 2.75) is 32.7 Å². The smallest absolute Gasteiger partial charge is 0.261 e. The van der Waals surface area contributed by atoms with Crippen LogP contribution < -0.4 is 5.56 Å². The quantitative estimate of drug-likeness (QED) is 0.716. The third-order valence-corrected chi connectivity index (χ3v) is 3.28. The van der Waals surface area contributed by atoms with Crippen molar-refractivity contribution >= 4 is 10.9 Å². The molecule has 108 valence electrons. The van der Waals surface area contributed by atoms with Crippen LogP contribution in [0.5, 0.6) is 0 Å². The molecule has 6 heteroatoms. The molecule has 0 fully saturated rings. The average Bonchev–Trinajstić information content (AvgIpc) is 2.95. The van der Waals surface area contributed by atoms with E-state index in [1.807, 2.05) is 18.2 Å². The van der Waals surface area contributed by atoms with Crippen LogP contribution >= 0.6 is 0 Å². The van der Waals surface area contributed by atoms with Gasteiger partial charge < -0.3 is 4.52 Å². The Labute approximate surface area is 121 Å². The summed E-state index contributed by atoms with van der Waals surface area (Å²) in [6, 6.07) is 7.32. The molecule has 0 N–H and O–H groups in total. The van der Waals surface area contributed by atoms with Crippen LogP contribution in [0, 0.1) is 0 Å². The molecule has 0 amide bonds. The third-order valence-electron chi connectivity index (χ3n) is 3.28. The monoisotopic (exact) mass is 284 g/mol. The van der Waals surface area contributed by atoms with Crippen molar-refractivity contribution in [1.29, 1.82) is 0 Å². The minimum atomic E-state index is -0.0473. The number of benzene rings is 1. The predicted molar refractivity (Wildman–Crippen MR) is 78.0 cm³/mol. The first-order valence-corrected chi connectivity index (χ1v) is 7.03. The first kappa shape index (κ1) is 13.5. The van der Waals surface area contributed by atoms with E-state index in [1.54, 1.807) is 17.0 Å². The molecular weight excluding hydrogens is 268 g/mol. The lowest BCUT2D eigenvalue weighted by Crippen LogP contribution is -2.21. The van der Waals surface area contributed by atoms with Crippen LogP contribution in [0.1, 0.15) is 25.1 Å². The number of hydrogen-bond donors (Lipinski definition) is 0. The van der Waals surface area contributed by atoms with Crippen LogP contribution in [0.25, 0.3) is 10.9 Å². The Morgan fingerprint density at radius 2 is 2.10 bits per heavy atom. The number of rotatable bonds is 5. The van der Waals surface area contributed by atoms with Gasteiger partial charge in [0.15, 0.2) is 5.82 Å². The van der Waals surface area contributed by atoms with Crippen LogP contribution in [0.15, 0.2) is 39.9 Å². The summed E-state index contributed by atoms with van der Waals surface area (Å²) in [4.78, 5) is 20.9. The number of fused-ring (bicyclic) bond motifs is 1. The van der Waals surface area contributed by atoms with Gasteiger partial charge in [-0.15, -0.1) is 0 Å². The summed E-state index contributed by atoms with van der Waals surface area (Å²) in [6.45, 7) is 2.54. The molecule has 3 rings (SSSR count).